The van der Waals surface area contributed by atoms with Crippen LogP contribution in [0.1, 0.15) is 5.69 Å². The van der Waals surface area contributed by atoms with Crippen molar-refractivity contribution in [2.75, 3.05) is 7.11 Å². The van der Waals surface area contributed by atoms with Crippen LogP contribution in [0.15, 0.2) is 24.8 Å². The third kappa shape index (κ3) is 2.16. The average molecular weight is 208 g/mol. The summed E-state index contributed by atoms with van der Waals surface area (Å²) in [5.74, 6) is 0.114. The van der Waals surface area contributed by atoms with Gasteiger partial charge in [-0.05, 0) is 0 Å². The molecule has 0 spiro atoms. The number of halogens is 1. The summed E-state index contributed by atoms with van der Waals surface area (Å²) in [7, 11) is 1.58. The molecule has 0 amide bonds. The van der Waals surface area contributed by atoms with Gasteiger partial charge >= 0.3 is 0 Å². The summed E-state index contributed by atoms with van der Waals surface area (Å²) < 4.78 is 19.0. The first-order chi connectivity index (χ1) is 7.29. The highest BCUT2D eigenvalue weighted by molar-refractivity contribution is 5.22. The SMILES string of the molecule is COCc1cc(-n2cc(F)cn2)ncn1. The summed E-state index contributed by atoms with van der Waals surface area (Å²) in [6.07, 6.45) is 3.76. The van der Waals surface area contributed by atoms with E-state index in [2.05, 4.69) is 15.1 Å². The molecule has 0 fully saturated rings. The zero-order valence-corrected chi connectivity index (χ0v) is 8.09. The molecule has 0 aliphatic rings. The Kier molecular flexibility index (Phi) is 2.68. The summed E-state index contributed by atoms with van der Waals surface area (Å²) >= 11 is 0. The average Bonchev–Trinajstić information content (AvgIpc) is 2.66. The van der Waals surface area contributed by atoms with E-state index in [0.717, 1.165) is 11.9 Å². The standard InChI is InChI=1S/C9H9FN4O/c1-15-5-8-2-9(12-6-11-8)14-4-7(10)3-13-14/h2-4,6H,5H2,1H3. The molecule has 2 aromatic rings. The van der Waals surface area contributed by atoms with Gasteiger partial charge in [-0.25, -0.2) is 19.0 Å². The highest BCUT2D eigenvalue weighted by Gasteiger charge is 2.03. The molecule has 6 heteroatoms. The lowest BCUT2D eigenvalue weighted by Crippen LogP contribution is -2.01. The Balaban J connectivity index is 2.32. The van der Waals surface area contributed by atoms with E-state index >= 15 is 0 Å². The quantitative estimate of drug-likeness (QED) is 0.753. The topological polar surface area (TPSA) is 52.8 Å². The van der Waals surface area contributed by atoms with Crippen LogP contribution in [0.25, 0.3) is 5.82 Å². The van der Waals surface area contributed by atoms with Crippen LogP contribution in [0.5, 0.6) is 0 Å². The summed E-state index contributed by atoms with van der Waals surface area (Å²) in [6, 6.07) is 1.69. The van der Waals surface area contributed by atoms with E-state index < -0.39 is 5.82 Å². The van der Waals surface area contributed by atoms with Crippen LogP contribution in [0.3, 0.4) is 0 Å². The Labute approximate surface area is 85.5 Å². The third-order valence-electron chi connectivity index (χ3n) is 1.79. The molecule has 2 aromatic heterocycles. The van der Waals surface area contributed by atoms with Crippen LogP contribution in [0.4, 0.5) is 4.39 Å². The lowest BCUT2D eigenvalue weighted by Gasteiger charge is -2.02. The van der Waals surface area contributed by atoms with Crippen LogP contribution in [0.2, 0.25) is 0 Å². The van der Waals surface area contributed by atoms with Crippen LogP contribution in [-0.4, -0.2) is 26.9 Å². The molecule has 78 valence electrons. The predicted molar refractivity (Wildman–Crippen MR) is 49.8 cm³/mol. The Morgan fingerprint density at radius 3 is 3.00 bits per heavy atom. The fourth-order valence-corrected chi connectivity index (χ4v) is 1.16. The van der Waals surface area contributed by atoms with E-state index in [0.29, 0.717) is 12.4 Å². The van der Waals surface area contributed by atoms with Crippen molar-refractivity contribution >= 4 is 0 Å². The molecule has 15 heavy (non-hydrogen) atoms. The number of rotatable bonds is 3. The van der Waals surface area contributed by atoms with E-state index in [1.54, 1.807) is 13.2 Å². The normalized spacial score (nSPS) is 10.5. The number of hydrogen-bond donors (Lipinski definition) is 0. The van der Waals surface area contributed by atoms with Crippen molar-refractivity contribution in [3.63, 3.8) is 0 Å². The summed E-state index contributed by atoms with van der Waals surface area (Å²) in [5, 5.41) is 3.80. The lowest BCUT2D eigenvalue weighted by atomic mass is 10.4. The first kappa shape index (κ1) is 9.72. The molecule has 0 N–H and O–H groups in total. The lowest BCUT2D eigenvalue weighted by molar-refractivity contribution is 0.181. The molecule has 0 radical (unpaired) electrons. The van der Waals surface area contributed by atoms with Crippen LogP contribution in [0, 0.1) is 5.82 Å². The van der Waals surface area contributed by atoms with Gasteiger partial charge in [-0.15, -0.1) is 0 Å². The van der Waals surface area contributed by atoms with Gasteiger partial charge in [0.2, 0.25) is 0 Å². The molecule has 2 rings (SSSR count). The highest BCUT2D eigenvalue weighted by atomic mass is 19.1. The van der Waals surface area contributed by atoms with Gasteiger partial charge in [0.15, 0.2) is 11.6 Å². The van der Waals surface area contributed by atoms with Crippen molar-refractivity contribution in [2.24, 2.45) is 0 Å². The zero-order chi connectivity index (χ0) is 10.7. The van der Waals surface area contributed by atoms with Crippen molar-refractivity contribution in [1.82, 2.24) is 19.7 Å². The molecule has 2 heterocycles. The maximum absolute atomic E-state index is 12.7. The first-order valence-corrected chi connectivity index (χ1v) is 4.30. The van der Waals surface area contributed by atoms with Gasteiger partial charge in [-0.3, -0.25) is 0 Å². The minimum absolute atomic E-state index is 0.388. The zero-order valence-electron chi connectivity index (χ0n) is 8.09. The maximum atomic E-state index is 12.7. The molecular weight excluding hydrogens is 199 g/mol. The molecule has 0 saturated carbocycles. The first-order valence-electron chi connectivity index (χ1n) is 4.30. The Morgan fingerprint density at radius 2 is 2.33 bits per heavy atom. The molecule has 0 saturated heterocycles. The van der Waals surface area contributed by atoms with Crippen LogP contribution >= 0.6 is 0 Å². The number of aromatic nitrogens is 4. The minimum atomic E-state index is -0.401. The van der Waals surface area contributed by atoms with Gasteiger partial charge in [0.05, 0.1) is 24.7 Å². The van der Waals surface area contributed by atoms with Gasteiger partial charge in [0.25, 0.3) is 0 Å². The molecule has 0 aromatic carbocycles. The van der Waals surface area contributed by atoms with E-state index in [1.807, 2.05) is 0 Å². The number of ether oxygens (including phenoxy) is 1. The number of hydrogen-bond acceptors (Lipinski definition) is 4. The van der Waals surface area contributed by atoms with E-state index in [4.69, 9.17) is 4.74 Å². The van der Waals surface area contributed by atoms with Crippen LogP contribution < -0.4 is 0 Å². The van der Waals surface area contributed by atoms with Crippen molar-refractivity contribution in [3.05, 3.63) is 36.3 Å². The predicted octanol–water partition coefficient (Wildman–Crippen LogP) is 0.948. The van der Waals surface area contributed by atoms with Crippen molar-refractivity contribution in [3.8, 4) is 5.82 Å². The molecule has 0 aliphatic heterocycles. The van der Waals surface area contributed by atoms with Gasteiger partial charge in [0.1, 0.15) is 6.33 Å². The van der Waals surface area contributed by atoms with E-state index in [9.17, 15) is 4.39 Å². The molecule has 0 unspecified atom stereocenters. The smallest absolute Gasteiger partial charge is 0.161 e. The summed E-state index contributed by atoms with van der Waals surface area (Å²) in [4.78, 5) is 7.96. The van der Waals surface area contributed by atoms with Gasteiger partial charge in [-0.2, -0.15) is 5.10 Å². The summed E-state index contributed by atoms with van der Waals surface area (Å²) in [5.41, 5.74) is 0.721. The second-order valence-corrected chi connectivity index (χ2v) is 2.90. The Bertz CT molecular complexity index is 457. The van der Waals surface area contributed by atoms with Crippen molar-refractivity contribution < 1.29 is 9.13 Å². The summed E-state index contributed by atoms with van der Waals surface area (Å²) in [6.45, 7) is 0.388. The fraction of sp³-hybridized carbons (Fsp3) is 0.222. The maximum Gasteiger partial charge on any atom is 0.161 e. The highest BCUT2D eigenvalue weighted by Crippen LogP contribution is 2.05. The third-order valence-corrected chi connectivity index (χ3v) is 1.79. The second-order valence-electron chi connectivity index (χ2n) is 2.90. The Morgan fingerprint density at radius 1 is 1.47 bits per heavy atom. The van der Waals surface area contributed by atoms with E-state index in [1.165, 1.54) is 17.2 Å². The largest absolute Gasteiger partial charge is 0.378 e. The minimum Gasteiger partial charge on any atom is -0.378 e. The molecule has 0 bridgehead atoms. The molecule has 0 aliphatic carbocycles. The number of methoxy groups -OCH3 is 1. The van der Waals surface area contributed by atoms with Crippen LogP contribution in [-0.2, 0) is 11.3 Å². The Hall–Kier alpha value is -1.82. The van der Waals surface area contributed by atoms with E-state index in [-0.39, 0.29) is 0 Å². The van der Waals surface area contributed by atoms with Gasteiger partial charge in [0, 0.05) is 13.2 Å². The monoisotopic (exact) mass is 208 g/mol. The fourth-order valence-electron chi connectivity index (χ4n) is 1.16. The second kappa shape index (κ2) is 4.14. The van der Waals surface area contributed by atoms with Gasteiger partial charge < -0.3 is 4.74 Å². The van der Waals surface area contributed by atoms with Crippen molar-refractivity contribution in [1.29, 1.82) is 0 Å². The van der Waals surface area contributed by atoms with Gasteiger partial charge in [-0.1, -0.05) is 0 Å². The van der Waals surface area contributed by atoms with Crippen molar-refractivity contribution in [2.45, 2.75) is 6.61 Å². The molecule has 5 nitrogen and oxygen atoms in total. The molecule has 0 atom stereocenters. The molecular formula is C9H9FN4O. The number of nitrogens with zero attached hydrogens (tertiary/aromatic N) is 4.